The first-order valence-electron chi connectivity index (χ1n) is 12.6. The lowest BCUT2D eigenvalue weighted by Crippen LogP contribution is -2.52. The molecule has 2 atom stereocenters. The zero-order chi connectivity index (χ0) is 28.6. The number of amides is 2. The average Bonchev–Trinajstić information content (AvgIpc) is 2.94. The van der Waals surface area contributed by atoms with E-state index in [9.17, 15) is 18.0 Å². The summed E-state index contributed by atoms with van der Waals surface area (Å²) in [5.74, 6) is -0.284. The number of methoxy groups -OCH3 is 1. The standard InChI is InChI=1S/C29H34ClN3O5S/c1-5-21(2)31-29(35)22(3)32(19-23-11-9-14-26(17-23)38-4)28(34)20-33(25-13-10-12-24(30)18-25)39(36,37)27-15-7-6-8-16-27/h6-18,21-22H,5,19-20H2,1-4H3,(H,31,35)/t21-,22-/m1/s1. The Bertz CT molecular complexity index is 1380. The molecule has 0 radical (unpaired) electrons. The maximum Gasteiger partial charge on any atom is 0.264 e. The van der Waals surface area contributed by atoms with Gasteiger partial charge in [-0.15, -0.1) is 0 Å². The van der Waals surface area contributed by atoms with Gasteiger partial charge in [0.1, 0.15) is 18.3 Å². The van der Waals surface area contributed by atoms with E-state index in [0.29, 0.717) is 10.8 Å². The molecule has 2 amide bonds. The molecular weight excluding hydrogens is 538 g/mol. The number of nitrogens with zero attached hydrogens (tertiary/aromatic N) is 2. The van der Waals surface area contributed by atoms with Crippen molar-refractivity contribution in [3.05, 3.63) is 89.4 Å². The molecule has 3 rings (SSSR count). The highest BCUT2D eigenvalue weighted by molar-refractivity contribution is 7.92. The lowest BCUT2D eigenvalue weighted by Gasteiger charge is -2.32. The fraction of sp³-hybridized carbons (Fsp3) is 0.310. The van der Waals surface area contributed by atoms with Gasteiger partial charge in [-0.25, -0.2) is 8.42 Å². The number of halogens is 1. The minimum absolute atomic E-state index is 0.0275. The highest BCUT2D eigenvalue weighted by Crippen LogP contribution is 2.27. The predicted octanol–water partition coefficient (Wildman–Crippen LogP) is 4.88. The number of nitrogens with one attached hydrogen (secondary N) is 1. The fourth-order valence-corrected chi connectivity index (χ4v) is 5.51. The van der Waals surface area contributed by atoms with Crippen molar-refractivity contribution in [2.75, 3.05) is 18.0 Å². The van der Waals surface area contributed by atoms with E-state index in [2.05, 4.69) is 5.32 Å². The van der Waals surface area contributed by atoms with E-state index in [4.69, 9.17) is 16.3 Å². The number of carbonyl (C=O) groups excluding carboxylic acids is 2. The second-order valence-corrected chi connectivity index (χ2v) is 11.5. The van der Waals surface area contributed by atoms with Crippen molar-refractivity contribution in [3.8, 4) is 5.75 Å². The van der Waals surface area contributed by atoms with E-state index in [0.717, 1.165) is 16.3 Å². The first-order chi connectivity index (χ1) is 18.6. The number of benzene rings is 3. The number of carbonyl (C=O) groups is 2. The number of rotatable bonds is 12. The molecule has 0 heterocycles. The Labute approximate surface area is 235 Å². The molecule has 0 saturated heterocycles. The summed E-state index contributed by atoms with van der Waals surface area (Å²) in [5.41, 5.74) is 0.962. The SMILES string of the molecule is CC[C@@H](C)NC(=O)[C@@H](C)N(Cc1cccc(OC)c1)C(=O)CN(c1cccc(Cl)c1)S(=O)(=O)c1ccccc1. The van der Waals surface area contributed by atoms with Gasteiger partial charge < -0.3 is 15.0 Å². The monoisotopic (exact) mass is 571 g/mol. The average molecular weight is 572 g/mol. The third kappa shape index (κ3) is 7.74. The van der Waals surface area contributed by atoms with Gasteiger partial charge in [0.25, 0.3) is 10.0 Å². The van der Waals surface area contributed by atoms with Crippen molar-refractivity contribution in [3.63, 3.8) is 0 Å². The van der Waals surface area contributed by atoms with Crippen LogP contribution in [0.4, 0.5) is 5.69 Å². The quantitative estimate of drug-likeness (QED) is 0.334. The van der Waals surface area contributed by atoms with Gasteiger partial charge in [-0.1, -0.05) is 54.9 Å². The van der Waals surface area contributed by atoms with Gasteiger partial charge in [0.2, 0.25) is 11.8 Å². The van der Waals surface area contributed by atoms with E-state index in [-0.39, 0.29) is 29.1 Å². The van der Waals surface area contributed by atoms with Crippen molar-refractivity contribution in [1.29, 1.82) is 0 Å². The summed E-state index contributed by atoms with van der Waals surface area (Å²) in [6, 6.07) is 20.4. The zero-order valence-corrected chi connectivity index (χ0v) is 24.1. The van der Waals surface area contributed by atoms with Crippen LogP contribution in [-0.4, -0.2) is 50.9 Å². The van der Waals surface area contributed by atoms with E-state index in [1.807, 2.05) is 19.9 Å². The van der Waals surface area contributed by atoms with Gasteiger partial charge in [0, 0.05) is 17.6 Å². The van der Waals surface area contributed by atoms with E-state index in [1.54, 1.807) is 68.6 Å². The maximum atomic E-state index is 13.9. The Balaban J connectivity index is 2.02. The van der Waals surface area contributed by atoms with Crippen LogP contribution < -0.4 is 14.4 Å². The molecule has 3 aromatic carbocycles. The van der Waals surface area contributed by atoms with Crippen LogP contribution in [-0.2, 0) is 26.2 Å². The lowest BCUT2D eigenvalue weighted by molar-refractivity contribution is -0.139. The molecule has 39 heavy (non-hydrogen) atoms. The van der Waals surface area contributed by atoms with Crippen LogP contribution in [0.1, 0.15) is 32.8 Å². The molecule has 0 fully saturated rings. The molecular formula is C29H34ClN3O5S. The Morgan fingerprint density at radius 3 is 2.31 bits per heavy atom. The van der Waals surface area contributed by atoms with Crippen molar-refractivity contribution in [1.82, 2.24) is 10.2 Å². The van der Waals surface area contributed by atoms with E-state index in [1.165, 1.54) is 23.1 Å². The molecule has 0 spiro atoms. The number of ether oxygens (including phenoxy) is 1. The number of hydrogen-bond acceptors (Lipinski definition) is 5. The molecule has 0 saturated carbocycles. The molecule has 1 N–H and O–H groups in total. The van der Waals surface area contributed by atoms with Crippen LogP contribution in [0.3, 0.4) is 0 Å². The summed E-state index contributed by atoms with van der Waals surface area (Å²) >= 11 is 6.19. The highest BCUT2D eigenvalue weighted by Gasteiger charge is 2.32. The third-order valence-electron chi connectivity index (χ3n) is 6.36. The maximum absolute atomic E-state index is 13.9. The third-order valence-corrected chi connectivity index (χ3v) is 8.38. The lowest BCUT2D eigenvalue weighted by atomic mass is 10.1. The largest absolute Gasteiger partial charge is 0.497 e. The van der Waals surface area contributed by atoms with Crippen LogP contribution in [0, 0.1) is 0 Å². The summed E-state index contributed by atoms with van der Waals surface area (Å²) in [4.78, 5) is 28.4. The summed E-state index contributed by atoms with van der Waals surface area (Å²) in [6.45, 7) is 4.99. The van der Waals surface area contributed by atoms with Crippen LogP contribution in [0.2, 0.25) is 5.02 Å². The van der Waals surface area contributed by atoms with Gasteiger partial charge in [-0.3, -0.25) is 13.9 Å². The Morgan fingerprint density at radius 1 is 0.974 bits per heavy atom. The van der Waals surface area contributed by atoms with Gasteiger partial charge in [-0.2, -0.15) is 0 Å². The van der Waals surface area contributed by atoms with Crippen molar-refractivity contribution in [2.24, 2.45) is 0 Å². The molecule has 3 aromatic rings. The van der Waals surface area contributed by atoms with Crippen LogP contribution in [0.15, 0.2) is 83.8 Å². The van der Waals surface area contributed by atoms with Crippen molar-refractivity contribution >= 4 is 39.1 Å². The zero-order valence-electron chi connectivity index (χ0n) is 22.5. The molecule has 0 aromatic heterocycles. The van der Waals surface area contributed by atoms with Crippen LogP contribution >= 0.6 is 11.6 Å². The molecule has 0 aliphatic carbocycles. The summed E-state index contributed by atoms with van der Waals surface area (Å²) in [7, 11) is -2.60. The smallest absolute Gasteiger partial charge is 0.264 e. The highest BCUT2D eigenvalue weighted by atomic mass is 35.5. The Morgan fingerprint density at radius 2 is 1.67 bits per heavy atom. The second-order valence-electron chi connectivity index (χ2n) is 9.17. The Kier molecular flexibility index (Phi) is 10.4. The summed E-state index contributed by atoms with van der Waals surface area (Å²) in [5, 5.41) is 3.24. The first-order valence-corrected chi connectivity index (χ1v) is 14.4. The normalized spacial score (nSPS) is 12.7. The molecule has 0 bridgehead atoms. The number of sulfonamides is 1. The van der Waals surface area contributed by atoms with E-state index >= 15 is 0 Å². The molecule has 0 aliphatic rings. The van der Waals surface area contributed by atoms with Crippen molar-refractivity contribution < 1.29 is 22.7 Å². The summed E-state index contributed by atoms with van der Waals surface area (Å²) < 4.78 is 33.8. The molecule has 208 valence electrons. The van der Waals surface area contributed by atoms with Crippen molar-refractivity contribution in [2.45, 2.75) is 50.7 Å². The first kappa shape index (κ1) is 30.0. The minimum Gasteiger partial charge on any atom is -0.497 e. The Hall–Kier alpha value is -3.56. The molecule has 10 heteroatoms. The fourth-order valence-electron chi connectivity index (χ4n) is 3.90. The second kappa shape index (κ2) is 13.5. The summed E-state index contributed by atoms with van der Waals surface area (Å²) in [6.07, 6.45) is 0.722. The number of anilines is 1. The van der Waals surface area contributed by atoms with Gasteiger partial charge in [0.15, 0.2) is 0 Å². The molecule has 0 unspecified atom stereocenters. The predicted molar refractivity (Wildman–Crippen MR) is 153 cm³/mol. The van der Waals surface area contributed by atoms with Gasteiger partial charge in [-0.05, 0) is 68.3 Å². The van der Waals surface area contributed by atoms with Gasteiger partial charge >= 0.3 is 0 Å². The molecule has 0 aliphatic heterocycles. The minimum atomic E-state index is -4.15. The van der Waals surface area contributed by atoms with Crippen LogP contribution in [0.25, 0.3) is 0 Å². The number of hydrogen-bond donors (Lipinski definition) is 1. The van der Waals surface area contributed by atoms with Crippen LogP contribution in [0.5, 0.6) is 5.75 Å². The topological polar surface area (TPSA) is 96.0 Å². The van der Waals surface area contributed by atoms with Gasteiger partial charge in [0.05, 0.1) is 17.7 Å². The molecule has 8 nitrogen and oxygen atoms in total. The van der Waals surface area contributed by atoms with E-state index < -0.39 is 28.5 Å².